The van der Waals surface area contributed by atoms with Crippen LogP contribution in [0.15, 0.2) is 54.6 Å². The van der Waals surface area contributed by atoms with Crippen molar-refractivity contribution < 1.29 is 13.2 Å². The number of nitrogens with zero attached hydrogens (tertiary/aromatic N) is 1. The van der Waals surface area contributed by atoms with Crippen LogP contribution in [0.1, 0.15) is 28.4 Å². The summed E-state index contributed by atoms with van der Waals surface area (Å²) in [5.41, 5.74) is 2.42. The summed E-state index contributed by atoms with van der Waals surface area (Å²) in [6.07, 6.45) is -0.00938. The first kappa shape index (κ1) is 18.2. The van der Waals surface area contributed by atoms with Crippen molar-refractivity contribution in [3.05, 3.63) is 71.3 Å². The number of benzene rings is 2. The highest BCUT2D eigenvalue weighted by Crippen LogP contribution is 2.33. The SMILES string of the molecule is Cc1ccccc1C(c1ccccc1)S(=O)(=O)CCC(=O)N(C)C. The van der Waals surface area contributed by atoms with Crippen LogP contribution in [0.25, 0.3) is 0 Å². The molecule has 0 aliphatic rings. The van der Waals surface area contributed by atoms with Gasteiger partial charge in [-0.25, -0.2) is 8.42 Å². The molecular weight excluding hydrogens is 322 g/mol. The molecule has 0 aliphatic heterocycles. The molecule has 1 unspecified atom stereocenters. The quantitative estimate of drug-likeness (QED) is 0.809. The Bertz CT molecular complexity index is 798. The van der Waals surface area contributed by atoms with Crippen molar-refractivity contribution in [3.8, 4) is 0 Å². The number of hydrogen-bond donors (Lipinski definition) is 0. The first-order valence-corrected chi connectivity index (χ1v) is 9.56. The maximum atomic E-state index is 13.0. The van der Waals surface area contributed by atoms with Crippen LogP contribution in [0.4, 0.5) is 0 Å². The Balaban J connectivity index is 2.43. The lowest BCUT2D eigenvalue weighted by molar-refractivity contribution is -0.128. The first-order valence-electron chi connectivity index (χ1n) is 7.85. The molecule has 2 aromatic rings. The zero-order chi connectivity index (χ0) is 17.7. The lowest BCUT2D eigenvalue weighted by atomic mass is 10.0. The minimum Gasteiger partial charge on any atom is -0.349 e. The van der Waals surface area contributed by atoms with E-state index in [2.05, 4.69) is 0 Å². The van der Waals surface area contributed by atoms with E-state index in [9.17, 15) is 13.2 Å². The Morgan fingerprint density at radius 1 is 1.00 bits per heavy atom. The number of sulfone groups is 1. The Morgan fingerprint density at radius 2 is 1.58 bits per heavy atom. The van der Waals surface area contributed by atoms with Gasteiger partial charge in [0.05, 0.1) is 5.75 Å². The van der Waals surface area contributed by atoms with Crippen molar-refractivity contribution in [1.82, 2.24) is 4.90 Å². The van der Waals surface area contributed by atoms with Crippen LogP contribution < -0.4 is 0 Å². The average Bonchev–Trinajstić information content (AvgIpc) is 2.55. The predicted octanol–water partition coefficient (Wildman–Crippen LogP) is 2.98. The Hall–Kier alpha value is -2.14. The number of aryl methyl sites for hydroxylation is 1. The zero-order valence-electron chi connectivity index (χ0n) is 14.3. The van der Waals surface area contributed by atoms with Crippen molar-refractivity contribution >= 4 is 15.7 Å². The lowest BCUT2D eigenvalue weighted by Gasteiger charge is -2.21. The van der Waals surface area contributed by atoms with E-state index in [1.54, 1.807) is 14.1 Å². The topological polar surface area (TPSA) is 54.5 Å². The fourth-order valence-electron chi connectivity index (χ4n) is 2.66. The molecule has 24 heavy (non-hydrogen) atoms. The molecule has 0 bridgehead atoms. The molecule has 1 amide bonds. The lowest BCUT2D eigenvalue weighted by Crippen LogP contribution is -2.26. The van der Waals surface area contributed by atoms with E-state index in [4.69, 9.17) is 0 Å². The molecule has 128 valence electrons. The predicted molar refractivity (Wildman–Crippen MR) is 96.6 cm³/mol. The van der Waals surface area contributed by atoms with Gasteiger partial charge in [0, 0.05) is 20.5 Å². The van der Waals surface area contributed by atoms with Gasteiger partial charge in [0.2, 0.25) is 5.91 Å². The van der Waals surface area contributed by atoms with Gasteiger partial charge in [-0.2, -0.15) is 0 Å². The Labute approximate surface area is 144 Å². The van der Waals surface area contributed by atoms with Crippen LogP contribution in [-0.2, 0) is 14.6 Å². The fourth-order valence-corrected chi connectivity index (χ4v) is 4.58. The van der Waals surface area contributed by atoms with E-state index in [1.165, 1.54) is 4.90 Å². The van der Waals surface area contributed by atoms with Crippen LogP contribution in [0.2, 0.25) is 0 Å². The molecule has 5 heteroatoms. The molecule has 1 atom stereocenters. The van der Waals surface area contributed by atoms with Gasteiger partial charge in [-0.1, -0.05) is 54.6 Å². The summed E-state index contributed by atoms with van der Waals surface area (Å²) in [5, 5.41) is -0.755. The second kappa shape index (κ2) is 7.62. The van der Waals surface area contributed by atoms with E-state index in [0.29, 0.717) is 0 Å². The number of hydrogen-bond acceptors (Lipinski definition) is 3. The van der Waals surface area contributed by atoms with E-state index in [0.717, 1.165) is 16.7 Å². The third-order valence-corrected chi connectivity index (χ3v) is 6.05. The normalized spacial score (nSPS) is 12.6. The molecule has 0 heterocycles. The van der Waals surface area contributed by atoms with Crippen molar-refractivity contribution in [3.63, 3.8) is 0 Å². The van der Waals surface area contributed by atoms with Crippen LogP contribution in [0.5, 0.6) is 0 Å². The second-order valence-corrected chi connectivity index (χ2v) is 8.26. The summed E-state index contributed by atoms with van der Waals surface area (Å²) in [7, 11) is -0.267. The molecule has 0 saturated carbocycles. The van der Waals surface area contributed by atoms with Crippen molar-refractivity contribution in [1.29, 1.82) is 0 Å². The van der Waals surface area contributed by atoms with Crippen molar-refractivity contribution in [2.75, 3.05) is 19.8 Å². The highest BCUT2D eigenvalue weighted by Gasteiger charge is 2.30. The standard InChI is InChI=1S/C19H23NO3S/c1-15-9-7-8-12-17(15)19(16-10-5-4-6-11-16)24(22,23)14-13-18(21)20(2)3/h4-12,19H,13-14H2,1-3H3. The fraction of sp³-hybridized carbons (Fsp3) is 0.316. The third kappa shape index (κ3) is 4.23. The number of rotatable bonds is 6. The molecule has 0 fully saturated rings. The summed E-state index contributed by atoms with van der Waals surface area (Å²) in [6.45, 7) is 1.91. The Morgan fingerprint density at radius 3 is 2.17 bits per heavy atom. The summed E-state index contributed by atoms with van der Waals surface area (Å²) in [4.78, 5) is 13.2. The number of amides is 1. The second-order valence-electron chi connectivity index (χ2n) is 6.05. The van der Waals surface area contributed by atoms with E-state index in [1.807, 2.05) is 61.5 Å². The van der Waals surface area contributed by atoms with Gasteiger partial charge in [0.25, 0.3) is 0 Å². The molecule has 4 nitrogen and oxygen atoms in total. The molecule has 2 aromatic carbocycles. The minimum atomic E-state index is -3.53. The third-order valence-electron chi connectivity index (χ3n) is 4.03. The zero-order valence-corrected chi connectivity index (χ0v) is 15.1. The van der Waals surface area contributed by atoms with Gasteiger partial charge >= 0.3 is 0 Å². The summed E-state index contributed by atoms with van der Waals surface area (Å²) < 4.78 is 26.1. The summed E-state index contributed by atoms with van der Waals surface area (Å²) in [6, 6.07) is 16.7. The first-order chi connectivity index (χ1) is 11.3. The largest absolute Gasteiger partial charge is 0.349 e. The van der Waals surface area contributed by atoms with Crippen molar-refractivity contribution in [2.45, 2.75) is 18.6 Å². The van der Waals surface area contributed by atoms with E-state index in [-0.39, 0.29) is 18.1 Å². The van der Waals surface area contributed by atoms with E-state index < -0.39 is 15.1 Å². The van der Waals surface area contributed by atoms with Crippen LogP contribution in [-0.4, -0.2) is 39.1 Å². The highest BCUT2D eigenvalue weighted by molar-refractivity contribution is 7.91. The number of carbonyl (C=O) groups is 1. The molecule has 2 rings (SSSR count). The molecule has 0 spiro atoms. The van der Waals surface area contributed by atoms with Gasteiger partial charge in [-0.15, -0.1) is 0 Å². The molecule has 0 radical (unpaired) electrons. The van der Waals surface area contributed by atoms with Crippen LogP contribution in [0, 0.1) is 6.92 Å². The molecule has 0 aliphatic carbocycles. The van der Waals surface area contributed by atoms with Crippen molar-refractivity contribution in [2.24, 2.45) is 0 Å². The molecular formula is C19H23NO3S. The van der Waals surface area contributed by atoms with Crippen LogP contribution in [0.3, 0.4) is 0 Å². The van der Waals surface area contributed by atoms with E-state index >= 15 is 0 Å². The maximum Gasteiger partial charge on any atom is 0.223 e. The van der Waals surface area contributed by atoms with Crippen LogP contribution >= 0.6 is 0 Å². The number of carbonyl (C=O) groups excluding carboxylic acids is 1. The maximum absolute atomic E-state index is 13.0. The minimum absolute atomic E-state index is 0.00938. The van der Waals surface area contributed by atoms with Gasteiger partial charge in [-0.05, 0) is 23.6 Å². The molecule has 0 N–H and O–H groups in total. The molecule has 0 saturated heterocycles. The smallest absolute Gasteiger partial charge is 0.223 e. The monoisotopic (exact) mass is 345 g/mol. The van der Waals surface area contributed by atoms with Gasteiger partial charge < -0.3 is 4.90 Å². The molecule has 0 aromatic heterocycles. The van der Waals surface area contributed by atoms with Gasteiger partial charge in [0.15, 0.2) is 9.84 Å². The van der Waals surface area contributed by atoms with Gasteiger partial charge in [-0.3, -0.25) is 4.79 Å². The average molecular weight is 345 g/mol. The Kier molecular flexibility index (Phi) is 5.78. The summed E-state index contributed by atoms with van der Waals surface area (Å²) >= 11 is 0. The highest BCUT2D eigenvalue weighted by atomic mass is 32.2. The summed E-state index contributed by atoms with van der Waals surface area (Å²) in [5.74, 6) is -0.354. The van der Waals surface area contributed by atoms with Gasteiger partial charge in [0.1, 0.15) is 5.25 Å².